The van der Waals surface area contributed by atoms with Crippen LogP contribution in [0.15, 0.2) is 66.7 Å². The number of hydrogen-bond acceptors (Lipinski definition) is 4. The average molecular weight is 474 g/mol. The quantitative estimate of drug-likeness (QED) is 0.471. The van der Waals surface area contributed by atoms with Crippen molar-refractivity contribution in [1.29, 1.82) is 0 Å². The number of aromatic nitrogens is 1. The largest absolute Gasteiger partial charge is 0.339 e. The van der Waals surface area contributed by atoms with Crippen LogP contribution in [0.2, 0.25) is 0 Å². The molecule has 2 aromatic carbocycles. The number of benzene rings is 2. The monoisotopic (exact) mass is 473 g/mol. The molecular formula is C28H31N3O2S. The van der Waals surface area contributed by atoms with E-state index in [1.54, 1.807) is 11.3 Å². The number of fused-ring (bicyclic) bond motifs is 1. The van der Waals surface area contributed by atoms with Gasteiger partial charge in [0.25, 0.3) is 0 Å². The van der Waals surface area contributed by atoms with Gasteiger partial charge in [-0.05, 0) is 43.4 Å². The van der Waals surface area contributed by atoms with Crippen molar-refractivity contribution in [2.24, 2.45) is 5.92 Å². The Hall–Kier alpha value is -2.99. The fourth-order valence-corrected chi connectivity index (χ4v) is 6.21. The lowest BCUT2D eigenvalue weighted by Crippen LogP contribution is -2.52. The van der Waals surface area contributed by atoms with Gasteiger partial charge in [-0.1, -0.05) is 54.6 Å². The molecule has 0 saturated carbocycles. The Bertz CT molecular complexity index is 1130. The first-order valence-corrected chi connectivity index (χ1v) is 13.1. The third-order valence-corrected chi connectivity index (χ3v) is 8.19. The Morgan fingerprint density at radius 1 is 0.882 bits per heavy atom. The highest BCUT2D eigenvalue weighted by Gasteiger charge is 2.36. The number of nitrogens with zero attached hydrogens (tertiary/aromatic N) is 3. The summed E-state index contributed by atoms with van der Waals surface area (Å²) in [4.78, 5) is 35.0. The summed E-state index contributed by atoms with van der Waals surface area (Å²) in [7, 11) is 0. The van der Waals surface area contributed by atoms with Crippen molar-refractivity contribution in [1.82, 2.24) is 14.8 Å². The van der Waals surface area contributed by atoms with Gasteiger partial charge in [-0.2, -0.15) is 0 Å². The number of carbonyl (C=O) groups excluding carboxylic acids is 2. The van der Waals surface area contributed by atoms with E-state index in [1.807, 2.05) is 46.2 Å². The Kier molecular flexibility index (Phi) is 7.05. The minimum absolute atomic E-state index is 0.0707. The summed E-state index contributed by atoms with van der Waals surface area (Å²) in [6, 6.07) is 18.5. The highest BCUT2D eigenvalue weighted by atomic mass is 32.1. The highest BCUT2D eigenvalue weighted by molar-refractivity contribution is 7.18. The van der Waals surface area contributed by atoms with Gasteiger partial charge in [-0.15, -0.1) is 11.3 Å². The third kappa shape index (κ3) is 5.07. The number of para-hydroxylation sites is 1. The fraction of sp³-hybridized carbons (Fsp3) is 0.393. The predicted octanol–water partition coefficient (Wildman–Crippen LogP) is 5.04. The Labute approximate surface area is 205 Å². The number of aryl methyl sites for hydroxylation is 1. The molecular weight excluding hydrogens is 442 g/mol. The van der Waals surface area contributed by atoms with Crippen molar-refractivity contribution < 1.29 is 9.59 Å². The zero-order valence-electron chi connectivity index (χ0n) is 19.4. The maximum absolute atomic E-state index is 13.5. The number of amides is 2. The highest BCUT2D eigenvalue weighted by Crippen LogP contribution is 2.39. The van der Waals surface area contributed by atoms with Crippen LogP contribution in [0.4, 0.5) is 0 Å². The maximum Gasteiger partial charge on any atom is 0.226 e. The SMILES string of the molecule is O=C(CCCc1ccccc1)N1CCN(C(=O)C2CC=CCC2c2nc3ccccc3s2)CC1. The molecule has 34 heavy (non-hydrogen) atoms. The zero-order chi connectivity index (χ0) is 23.3. The summed E-state index contributed by atoms with van der Waals surface area (Å²) < 4.78 is 1.18. The molecule has 0 radical (unpaired) electrons. The Morgan fingerprint density at radius 2 is 1.59 bits per heavy atom. The van der Waals surface area contributed by atoms with Crippen LogP contribution in [0.3, 0.4) is 0 Å². The van der Waals surface area contributed by atoms with Crippen molar-refractivity contribution in [3.8, 4) is 0 Å². The zero-order valence-corrected chi connectivity index (χ0v) is 20.3. The maximum atomic E-state index is 13.5. The van der Waals surface area contributed by atoms with Gasteiger partial charge >= 0.3 is 0 Å². The van der Waals surface area contributed by atoms with Crippen molar-refractivity contribution >= 4 is 33.4 Å². The number of allylic oxidation sites excluding steroid dienone is 2. The van der Waals surface area contributed by atoms with E-state index in [2.05, 4.69) is 30.4 Å². The molecule has 2 unspecified atom stereocenters. The van der Waals surface area contributed by atoms with Crippen LogP contribution in [0, 0.1) is 5.92 Å². The van der Waals surface area contributed by atoms with Crippen LogP contribution in [-0.4, -0.2) is 52.8 Å². The lowest BCUT2D eigenvalue weighted by Gasteiger charge is -2.38. The number of thiazole rings is 1. The van der Waals surface area contributed by atoms with Gasteiger partial charge in [0.15, 0.2) is 0 Å². The summed E-state index contributed by atoms with van der Waals surface area (Å²) in [5.74, 6) is 0.479. The second-order valence-corrected chi connectivity index (χ2v) is 10.3. The number of rotatable bonds is 6. The molecule has 5 rings (SSSR count). The van der Waals surface area contributed by atoms with Crippen LogP contribution < -0.4 is 0 Å². The molecule has 1 aromatic heterocycles. The molecule has 5 nitrogen and oxygen atoms in total. The fourth-order valence-electron chi connectivity index (χ4n) is 5.07. The van der Waals surface area contributed by atoms with E-state index in [4.69, 9.17) is 4.98 Å². The minimum atomic E-state index is -0.0707. The van der Waals surface area contributed by atoms with Crippen LogP contribution in [-0.2, 0) is 16.0 Å². The van der Waals surface area contributed by atoms with Crippen LogP contribution in [0.1, 0.15) is 42.2 Å². The number of hydrogen-bond donors (Lipinski definition) is 0. The molecule has 176 valence electrons. The summed E-state index contributed by atoms with van der Waals surface area (Å²) >= 11 is 1.71. The lowest BCUT2D eigenvalue weighted by atomic mass is 9.82. The molecule has 3 aromatic rings. The second-order valence-electron chi connectivity index (χ2n) is 9.22. The topological polar surface area (TPSA) is 53.5 Å². The van der Waals surface area contributed by atoms with Gasteiger partial charge in [0, 0.05) is 38.5 Å². The summed E-state index contributed by atoms with van der Waals surface area (Å²) in [5, 5.41) is 1.07. The van der Waals surface area contributed by atoms with Crippen molar-refractivity contribution in [2.45, 2.75) is 38.0 Å². The van der Waals surface area contributed by atoms with E-state index in [0.29, 0.717) is 32.6 Å². The van der Waals surface area contributed by atoms with Gasteiger partial charge in [0.1, 0.15) is 0 Å². The molecule has 1 saturated heterocycles. The number of carbonyl (C=O) groups is 2. The van der Waals surface area contributed by atoms with Gasteiger partial charge in [0.2, 0.25) is 11.8 Å². The molecule has 2 atom stereocenters. The summed E-state index contributed by atoms with van der Waals surface area (Å²) in [6.07, 6.45) is 8.29. The van der Waals surface area contributed by atoms with Crippen molar-refractivity contribution in [2.75, 3.05) is 26.2 Å². The molecule has 0 N–H and O–H groups in total. The molecule has 0 spiro atoms. The molecule has 1 aliphatic heterocycles. The summed E-state index contributed by atoms with van der Waals surface area (Å²) in [6.45, 7) is 2.50. The standard InChI is InChI=1S/C28H31N3O2S/c32-26(16-8-11-21-9-2-1-3-10-21)30-17-19-31(20-18-30)28(33)23-13-5-4-12-22(23)27-29-24-14-6-7-15-25(24)34-27/h1-7,9-10,14-15,22-23H,8,11-13,16-20H2. The van der Waals surface area contributed by atoms with Crippen molar-refractivity contribution in [3.05, 3.63) is 77.3 Å². The first kappa shape index (κ1) is 22.8. The van der Waals surface area contributed by atoms with Crippen LogP contribution >= 0.6 is 11.3 Å². The van der Waals surface area contributed by atoms with Gasteiger partial charge in [-0.25, -0.2) is 4.98 Å². The Morgan fingerprint density at radius 3 is 2.38 bits per heavy atom. The minimum Gasteiger partial charge on any atom is -0.339 e. The summed E-state index contributed by atoms with van der Waals surface area (Å²) in [5.41, 5.74) is 2.29. The van der Waals surface area contributed by atoms with Gasteiger partial charge in [-0.3, -0.25) is 9.59 Å². The molecule has 6 heteroatoms. The van der Waals surface area contributed by atoms with Crippen molar-refractivity contribution in [3.63, 3.8) is 0 Å². The second kappa shape index (κ2) is 10.5. The third-order valence-electron chi connectivity index (χ3n) is 7.02. The van der Waals surface area contributed by atoms with E-state index in [0.717, 1.165) is 36.2 Å². The van der Waals surface area contributed by atoms with E-state index in [9.17, 15) is 9.59 Å². The first-order valence-electron chi connectivity index (χ1n) is 12.3. The Balaban J connectivity index is 1.16. The van der Waals surface area contributed by atoms with Crippen LogP contribution in [0.25, 0.3) is 10.2 Å². The molecule has 2 heterocycles. The van der Waals surface area contributed by atoms with E-state index < -0.39 is 0 Å². The average Bonchev–Trinajstić information content (AvgIpc) is 3.33. The number of piperazine rings is 1. The first-order chi connectivity index (χ1) is 16.7. The normalized spacial score (nSPS) is 20.6. The van der Waals surface area contributed by atoms with E-state index >= 15 is 0 Å². The van der Waals surface area contributed by atoms with Crippen LogP contribution in [0.5, 0.6) is 0 Å². The van der Waals surface area contributed by atoms with E-state index in [-0.39, 0.29) is 23.7 Å². The molecule has 2 amide bonds. The van der Waals surface area contributed by atoms with Gasteiger partial charge in [0.05, 0.1) is 21.1 Å². The van der Waals surface area contributed by atoms with Gasteiger partial charge < -0.3 is 9.80 Å². The molecule has 1 fully saturated rings. The smallest absolute Gasteiger partial charge is 0.226 e. The molecule has 0 bridgehead atoms. The lowest BCUT2D eigenvalue weighted by molar-refractivity contribution is -0.142. The van der Waals surface area contributed by atoms with E-state index in [1.165, 1.54) is 10.3 Å². The molecule has 2 aliphatic rings. The predicted molar refractivity (Wildman–Crippen MR) is 137 cm³/mol. The molecule has 1 aliphatic carbocycles.